The predicted molar refractivity (Wildman–Crippen MR) is 111 cm³/mol. The van der Waals surface area contributed by atoms with Crippen LogP contribution >= 0.6 is 0 Å². The zero-order valence-corrected chi connectivity index (χ0v) is 15.5. The van der Waals surface area contributed by atoms with Crippen molar-refractivity contribution in [2.45, 2.75) is 6.54 Å². The molecule has 144 valence electrons. The molecular formula is C22H19N5O2. The van der Waals surface area contributed by atoms with Crippen molar-refractivity contribution in [1.29, 1.82) is 0 Å². The van der Waals surface area contributed by atoms with E-state index in [2.05, 4.69) is 15.6 Å². The molecule has 1 amide bonds. The van der Waals surface area contributed by atoms with Crippen molar-refractivity contribution in [3.63, 3.8) is 0 Å². The summed E-state index contributed by atoms with van der Waals surface area (Å²) in [7, 11) is 0. The van der Waals surface area contributed by atoms with E-state index in [4.69, 9.17) is 10.5 Å². The van der Waals surface area contributed by atoms with Crippen molar-refractivity contribution >= 4 is 17.4 Å². The summed E-state index contributed by atoms with van der Waals surface area (Å²) in [6.07, 6.45) is 0. The normalized spacial score (nSPS) is 10.5. The van der Waals surface area contributed by atoms with Gasteiger partial charge in [0.25, 0.3) is 5.91 Å². The number of aromatic nitrogens is 3. The van der Waals surface area contributed by atoms with Gasteiger partial charge in [0, 0.05) is 5.69 Å². The fourth-order valence-electron chi connectivity index (χ4n) is 2.78. The van der Waals surface area contributed by atoms with Crippen LogP contribution in [0.5, 0.6) is 11.5 Å². The number of hydrogen-bond acceptors (Lipinski definition) is 5. The fourth-order valence-corrected chi connectivity index (χ4v) is 2.78. The molecule has 0 aliphatic carbocycles. The number of amides is 1. The Hall–Kier alpha value is -4.13. The molecule has 0 unspecified atom stereocenters. The third kappa shape index (κ3) is 4.41. The summed E-state index contributed by atoms with van der Waals surface area (Å²) < 4.78 is 7.24. The average molecular weight is 385 g/mol. The molecule has 0 atom stereocenters. The van der Waals surface area contributed by atoms with E-state index >= 15 is 0 Å². The summed E-state index contributed by atoms with van der Waals surface area (Å²) in [5, 5.41) is 10.7. The topological polar surface area (TPSA) is 95.1 Å². The first-order valence-electron chi connectivity index (χ1n) is 9.06. The minimum Gasteiger partial charge on any atom is -0.457 e. The highest BCUT2D eigenvalue weighted by atomic mass is 16.5. The molecular weight excluding hydrogens is 366 g/mol. The number of nitrogens with two attached hydrogens (primary N) is 1. The van der Waals surface area contributed by atoms with Gasteiger partial charge in [-0.2, -0.15) is 0 Å². The number of ether oxygens (including phenoxy) is 1. The van der Waals surface area contributed by atoms with Gasteiger partial charge in [0.05, 0.1) is 6.54 Å². The van der Waals surface area contributed by atoms with E-state index in [0.29, 0.717) is 18.0 Å². The van der Waals surface area contributed by atoms with Crippen LogP contribution in [-0.4, -0.2) is 20.9 Å². The number of nitrogens with one attached hydrogen (secondary N) is 1. The van der Waals surface area contributed by atoms with E-state index in [1.807, 2.05) is 60.7 Å². The number of para-hydroxylation sites is 1. The molecule has 7 heteroatoms. The zero-order valence-electron chi connectivity index (χ0n) is 15.5. The van der Waals surface area contributed by atoms with Crippen molar-refractivity contribution in [2.75, 3.05) is 11.1 Å². The second kappa shape index (κ2) is 8.26. The van der Waals surface area contributed by atoms with E-state index in [1.165, 1.54) is 4.68 Å². The van der Waals surface area contributed by atoms with Gasteiger partial charge >= 0.3 is 0 Å². The number of nitrogen functional groups attached to an aromatic ring is 1. The number of carbonyl (C=O) groups is 1. The molecule has 1 heterocycles. The molecule has 0 spiro atoms. The van der Waals surface area contributed by atoms with Crippen LogP contribution in [0.3, 0.4) is 0 Å². The lowest BCUT2D eigenvalue weighted by Crippen LogP contribution is -2.15. The van der Waals surface area contributed by atoms with E-state index in [-0.39, 0.29) is 11.5 Å². The number of carbonyl (C=O) groups excluding carboxylic acids is 1. The molecule has 0 radical (unpaired) electrons. The second-order valence-corrected chi connectivity index (χ2v) is 6.36. The molecule has 0 bridgehead atoms. The Labute approximate surface area is 167 Å². The molecule has 1 aromatic heterocycles. The molecule has 0 aliphatic heterocycles. The quantitative estimate of drug-likeness (QED) is 0.524. The maximum absolute atomic E-state index is 12.5. The largest absolute Gasteiger partial charge is 0.457 e. The van der Waals surface area contributed by atoms with E-state index in [0.717, 1.165) is 11.3 Å². The maximum atomic E-state index is 12.5. The second-order valence-electron chi connectivity index (χ2n) is 6.36. The highest BCUT2D eigenvalue weighted by molar-refractivity contribution is 6.05. The first-order chi connectivity index (χ1) is 14.2. The molecule has 4 rings (SSSR count). The Bertz CT molecular complexity index is 1090. The third-order valence-corrected chi connectivity index (χ3v) is 4.25. The molecule has 0 saturated heterocycles. The zero-order chi connectivity index (χ0) is 20.1. The molecule has 29 heavy (non-hydrogen) atoms. The van der Waals surface area contributed by atoms with E-state index < -0.39 is 5.91 Å². The van der Waals surface area contributed by atoms with Crippen LogP contribution < -0.4 is 15.8 Å². The van der Waals surface area contributed by atoms with Gasteiger partial charge in [-0.15, -0.1) is 5.10 Å². The van der Waals surface area contributed by atoms with Gasteiger partial charge in [-0.3, -0.25) is 4.79 Å². The van der Waals surface area contributed by atoms with Crippen LogP contribution in [0, 0.1) is 0 Å². The molecule has 7 nitrogen and oxygen atoms in total. The summed E-state index contributed by atoms with van der Waals surface area (Å²) >= 11 is 0. The van der Waals surface area contributed by atoms with Crippen molar-refractivity contribution in [2.24, 2.45) is 0 Å². The number of benzene rings is 3. The number of nitrogens with zero attached hydrogens (tertiary/aromatic N) is 3. The van der Waals surface area contributed by atoms with Gasteiger partial charge in [0.15, 0.2) is 11.5 Å². The van der Waals surface area contributed by atoms with Crippen molar-refractivity contribution < 1.29 is 9.53 Å². The van der Waals surface area contributed by atoms with Gasteiger partial charge in [0.1, 0.15) is 11.5 Å². The minimum atomic E-state index is -0.418. The van der Waals surface area contributed by atoms with Gasteiger partial charge in [-0.1, -0.05) is 53.7 Å². The number of rotatable bonds is 6. The Kier molecular flexibility index (Phi) is 5.20. The first kappa shape index (κ1) is 18.2. The molecule has 0 saturated carbocycles. The van der Waals surface area contributed by atoms with Crippen LogP contribution in [0.4, 0.5) is 11.5 Å². The Morgan fingerprint density at radius 1 is 0.897 bits per heavy atom. The maximum Gasteiger partial charge on any atom is 0.280 e. The van der Waals surface area contributed by atoms with E-state index in [9.17, 15) is 4.79 Å². The fraction of sp³-hybridized carbons (Fsp3) is 0.0455. The average Bonchev–Trinajstić information content (AvgIpc) is 3.11. The molecule has 0 aliphatic rings. The Balaban J connectivity index is 1.41. The summed E-state index contributed by atoms with van der Waals surface area (Å²) in [6, 6.07) is 26.2. The van der Waals surface area contributed by atoms with Crippen LogP contribution in [0.15, 0.2) is 84.9 Å². The van der Waals surface area contributed by atoms with Crippen molar-refractivity contribution in [3.05, 3.63) is 96.2 Å². The first-order valence-corrected chi connectivity index (χ1v) is 9.06. The number of hydrogen-bond donors (Lipinski definition) is 2. The smallest absolute Gasteiger partial charge is 0.280 e. The van der Waals surface area contributed by atoms with Crippen LogP contribution in [0.25, 0.3) is 0 Å². The summed E-state index contributed by atoms with van der Waals surface area (Å²) in [5.41, 5.74) is 7.78. The molecule has 4 aromatic rings. The van der Waals surface area contributed by atoms with Gasteiger partial charge in [-0.25, -0.2) is 4.68 Å². The lowest BCUT2D eigenvalue weighted by atomic mass is 10.2. The van der Waals surface area contributed by atoms with Crippen molar-refractivity contribution in [1.82, 2.24) is 15.0 Å². The molecule has 0 fully saturated rings. The standard InChI is InChI=1S/C22H19N5O2/c23-21-20(25-26-27(21)15-16-7-3-1-4-8-16)22(28)24-17-11-13-19(14-12-17)29-18-9-5-2-6-10-18/h1-14H,15,23H2,(H,24,28). The van der Waals surface area contributed by atoms with Crippen LogP contribution in [-0.2, 0) is 6.54 Å². The lowest BCUT2D eigenvalue weighted by Gasteiger charge is -2.08. The lowest BCUT2D eigenvalue weighted by molar-refractivity contribution is 0.102. The highest BCUT2D eigenvalue weighted by Gasteiger charge is 2.17. The van der Waals surface area contributed by atoms with Crippen molar-refractivity contribution in [3.8, 4) is 11.5 Å². The number of anilines is 2. The Morgan fingerprint density at radius 3 is 2.21 bits per heavy atom. The SMILES string of the molecule is Nc1c(C(=O)Nc2ccc(Oc3ccccc3)cc2)nnn1Cc1ccccc1. The van der Waals surface area contributed by atoms with Crippen LogP contribution in [0.1, 0.15) is 16.1 Å². The third-order valence-electron chi connectivity index (χ3n) is 4.25. The summed E-state index contributed by atoms with van der Waals surface area (Å²) in [5.74, 6) is 1.21. The molecule has 3 N–H and O–H groups in total. The predicted octanol–water partition coefficient (Wildman–Crippen LogP) is 3.95. The highest BCUT2D eigenvalue weighted by Crippen LogP contribution is 2.23. The summed E-state index contributed by atoms with van der Waals surface area (Å²) in [4.78, 5) is 12.5. The minimum absolute atomic E-state index is 0.0885. The van der Waals surface area contributed by atoms with Crippen LogP contribution in [0.2, 0.25) is 0 Å². The van der Waals surface area contributed by atoms with Gasteiger partial charge in [0.2, 0.25) is 0 Å². The monoisotopic (exact) mass is 385 g/mol. The molecule has 3 aromatic carbocycles. The van der Waals surface area contributed by atoms with E-state index in [1.54, 1.807) is 24.3 Å². The van der Waals surface area contributed by atoms with Gasteiger partial charge < -0.3 is 15.8 Å². The Morgan fingerprint density at radius 2 is 1.52 bits per heavy atom. The van der Waals surface area contributed by atoms with Gasteiger partial charge in [-0.05, 0) is 42.0 Å². The summed E-state index contributed by atoms with van der Waals surface area (Å²) in [6.45, 7) is 0.443.